The molecule has 2 amide bonds. The third kappa shape index (κ3) is 2.66. The second-order valence-electron chi connectivity index (χ2n) is 5.50. The van der Waals surface area contributed by atoms with Gasteiger partial charge < -0.3 is 15.5 Å². The molecule has 0 radical (unpaired) electrons. The first kappa shape index (κ1) is 13.3. The number of hydrogen-bond donors (Lipinski definition) is 2. The number of rotatable bonds is 2. The van der Waals surface area contributed by atoms with Crippen molar-refractivity contribution in [1.82, 2.24) is 15.5 Å². The van der Waals surface area contributed by atoms with Gasteiger partial charge in [-0.15, -0.1) is 0 Å². The van der Waals surface area contributed by atoms with Crippen molar-refractivity contribution in [3.05, 3.63) is 0 Å². The SMILES string of the molecule is CNC(=O)C1CCCN1C(=O)C1CNCC(C)C1. The fourth-order valence-electron chi connectivity index (χ4n) is 3.05. The molecule has 5 nitrogen and oxygen atoms in total. The Labute approximate surface area is 108 Å². The Balaban J connectivity index is 2.01. The van der Waals surface area contributed by atoms with Gasteiger partial charge in [0.1, 0.15) is 6.04 Å². The number of carbonyl (C=O) groups excluding carboxylic acids is 2. The van der Waals surface area contributed by atoms with E-state index in [1.165, 1.54) is 0 Å². The lowest BCUT2D eigenvalue weighted by atomic mass is 9.90. The van der Waals surface area contributed by atoms with E-state index < -0.39 is 0 Å². The minimum atomic E-state index is -0.250. The second kappa shape index (κ2) is 5.69. The molecule has 3 unspecified atom stereocenters. The fourth-order valence-corrected chi connectivity index (χ4v) is 3.05. The molecular weight excluding hydrogens is 230 g/mol. The molecule has 0 aliphatic carbocycles. The number of nitrogens with one attached hydrogen (secondary N) is 2. The Morgan fingerprint density at radius 1 is 1.33 bits per heavy atom. The van der Waals surface area contributed by atoms with Crippen molar-refractivity contribution in [3.63, 3.8) is 0 Å². The molecule has 0 saturated carbocycles. The van der Waals surface area contributed by atoms with E-state index in [2.05, 4.69) is 17.6 Å². The van der Waals surface area contributed by atoms with Crippen LogP contribution in [0.15, 0.2) is 0 Å². The number of nitrogens with zero attached hydrogens (tertiary/aromatic N) is 1. The maximum Gasteiger partial charge on any atom is 0.242 e. The lowest BCUT2D eigenvalue weighted by Crippen LogP contribution is -2.50. The molecule has 102 valence electrons. The van der Waals surface area contributed by atoms with Crippen molar-refractivity contribution < 1.29 is 9.59 Å². The molecule has 2 rings (SSSR count). The summed E-state index contributed by atoms with van der Waals surface area (Å²) < 4.78 is 0. The van der Waals surface area contributed by atoms with Gasteiger partial charge in [-0.1, -0.05) is 6.92 Å². The molecule has 3 atom stereocenters. The van der Waals surface area contributed by atoms with Crippen molar-refractivity contribution >= 4 is 11.8 Å². The highest BCUT2D eigenvalue weighted by Crippen LogP contribution is 2.24. The molecule has 0 spiro atoms. The Hall–Kier alpha value is -1.10. The summed E-state index contributed by atoms with van der Waals surface area (Å²) in [5.41, 5.74) is 0. The second-order valence-corrected chi connectivity index (χ2v) is 5.50. The van der Waals surface area contributed by atoms with Gasteiger partial charge in [0.15, 0.2) is 0 Å². The zero-order valence-corrected chi connectivity index (χ0v) is 11.2. The molecule has 2 fully saturated rings. The van der Waals surface area contributed by atoms with Crippen molar-refractivity contribution in [2.24, 2.45) is 11.8 Å². The van der Waals surface area contributed by atoms with Gasteiger partial charge in [0.2, 0.25) is 11.8 Å². The maximum absolute atomic E-state index is 12.5. The van der Waals surface area contributed by atoms with Gasteiger partial charge >= 0.3 is 0 Å². The van der Waals surface area contributed by atoms with Crippen molar-refractivity contribution in [3.8, 4) is 0 Å². The predicted octanol–water partition coefficient (Wildman–Crippen LogP) is -0.0310. The summed E-state index contributed by atoms with van der Waals surface area (Å²) in [5, 5.41) is 5.95. The zero-order valence-electron chi connectivity index (χ0n) is 11.2. The van der Waals surface area contributed by atoms with Gasteiger partial charge in [-0.3, -0.25) is 9.59 Å². The predicted molar refractivity (Wildman–Crippen MR) is 68.9 cm³/mol. The molecule has 0 aromatic carbocycles. The number of carbonyl (C=O) groups is 2. The van der Waals surface area contributed by atoms with Gasteiger partial charge in [-0.2, -0.15) is 0 Å². The van der Waals surface area contributed by atoms with E-state index in [4.69, 9.17) is 0 Å². The van der Waals surface area contributed by atoms with E-state index >= 15 is 0 Å². The average Bonchev–Trinajstić information content (AvgIpc) is 2.86. The zero-order chi connectivity index (χ0) is 13.1. The van der Waals surface area contributed by atoms with Gasteiger partial charge in [-0.25, -0.2) is 0 Å². The average molecular weight is 253 g/mol. The van der Waals surface area contributed by atoms with E-state index in [0.717, 1.165) is 38.9 Å². The molecule has 18 heavy (non-hydrogen) atoms. The van der Waals surface area contributed by atoms with Crippen LogP contribution in [0.4, 0.5) is 0 Å². The molecule has 0 bridgehead atoms. The Kier molecular flexibility index (Phi) is 4.22. The van der Waals surface area contributed by atoms with Crippen molar-refractivity contribution in [2.75, 3.05) is 26.7 Å². The first-order chi connectivity index (χ1) is 8.63. The quantitative estimate of drug-likeness (QED) is 0.726. The van der Waals surface area contributed by atoms with E-state index in [1.807, 2.05) is 0 Å². The highest BCUT2D eigenvalue weighted by Gasteiger charge is 2.37. The Bertz CT molecular complexity index is 332. The van der Waals surface area contributed by atoms with Crippen LogP contribution >= 0.6 is 0 Å². The Morgan fingerprint density at radius 3 is 2.78 bits per heavy atom. The summed E-state index contributed by atoms with van der Waals surface area (Å²) in [4.78, 5) is 26.0. The van der Waals surface area contributed by atoms with Crippen LogP contribution in [0.1, 0.15) is 26.2 Å². The van der Waals surface area contributed by atoms with Crippen LogP contribution in [0.5, 0.6) is 0 Å². The highest BCUT2D eigenvalue weighted by molar-refractivity contribution is 5.89. The fraction of sp³-hybridized carbons (Fsp3) is 0.846. The minimum absolute atomic E-state index is 0.0299. The first-order valence-corrected chi connectivity index (χ1v) is 6.86. The van der Waals surface area contributed by atoms with Crippen LogP contribution < -0.4 is 10.6 Å². The van der Waals surface area contributed by atoms with Gasteiger partial charge in [0.05, 0.1) is 5.92 Å². The monoisotopic (exact) mass is 253 g/mol. The molecule has 2 aliphatic rings. The number of likely N-dealkylation sites (N-methyl/N-ethyl adjacent to an activating group) is 1. The molecular formula is C13H23N3O2. The van der Waals surface area contributed by atoms with Crippen molar-refractivity contribution in [2.45, 2.75) is 32.2 Å². The van der Waals surface area contributed by atoms with E-state index in [1.54, 1.807) is 11.9 Å². The van der Waals surface area contributed by atoms with Crippen LogP contribution in [-0.2, 0) is 9.59 Å². The number of piperidine rings is 1. The molecule has 5 heteroatoms. The van der Waals surface area contributed by atoms with Gasteiger partial charge in [-0.05, 0) is 31.7 Å². The third-order valence-electron chi connectivity index (χ3n) is 4.00. The minimum Gasteiger partial charge on any atom is -0.357 e. The number of hydrogen-bond acceptors (Lipinski definition) is 3. The van der Waals surface area contributed by atoms with Gasteiger partial charge in [0.25, 0.3) is 0 Å². The topological polar surface area (TPSA) is 61.4 Å². The van der Waals surface area contributed by atoms with E-state index in [0.29, 0.717) is 5.92 Å². The molecule has 2 saturated heterocycles. The number of amides is 2. The Morgan fingerprint density at radius 2 is 2.11 bits per heavy atom. The lowest BCUT2D eigenvalue weighted by molar-refractivity contribution is -0.142. The molecule has 2 N–H and O–H groups in total. The van der Waals surface area contributed by atoms with Gasteiger partial charge in [0, 0.05) is 20.1 Å². The third-order valence-corrected chi connectivity index (χ3v) is 4.00. The molecule has 2 heterocycles. The normalized spacial score (nSPS) is 32.3. The summed E-state index contributed by atoms with van der Waals surface area (Å²) in [6.45, 7) is 4.62. The van der Waals surface area contributed by atoms with Crippen LogP contribution in [0.3, 0.4) is 0 Å². The number of likely N-dealkylation sites (tertiary alicyclic amines) is 1. The largest absolute Gasteiger partial charge is 0.357 e. The summed E-state index contributed by atoms with van der Waals surface area (Å²) in [5.74, 6) is 0.700. The lowest BCUT2D eigenvalue weighted by Gasteiger charge is -2.32. The summed E-state index contributed by atoms with van der Waals surface area (Å²) in [7, 11) is 1.63. The first-order valence-electron chi connectivity index (χ1n) is 6.86. The molecule has 0 aromatic heterocycles. The summed E-state index contributed by atoms with van der Waals surface area (Å²) in [6.07, 6.45) is 2.66. The standard InChI is InChI=1S/C13H23N3O2/c1-9-6-10(8-15-7-9)13(18)16-5-3-4-11(16)12(17)14-2/h9-11,15H,3-8H2,1-2H3,(H,14,17). The van der Waals surface area contributed by atoms with Crippen LogP contribution in [-0.4, -0.2) is 49.4 Å². The maximum atomic E-state index is 12.5. The smallest absolute Gasteiger partial charge is 0.242 e. The summed E-state index contributed by atoms with van der Waals surface area (Å²) in [6, 6.07) is -0.250. The highest BCUT2D eigenvalue weighted by atomic mass is 16.2. The summed E-state index contributed by atoms with van der Waals surface area (Å²) >= 11 is 0. The van der Waals surface area contributed by atoms with Crippen LogP contribution in [0.2, 0.25) is 0 Å². The van der Waals surface area contributed by atoms with E-state index in [9.17, 15) is 9.59 Å². The molecule has 0 aromatic rings. The van der Waals surface area contributed by atoms with E-state index in [-0.39, 0.29) is 23.8 Å². The van der Waals surface area contributed by atoms with Crippen molar-refractivity contribution in [1.29, 1.82) is 0 Å². The van der Waals surface area contributed by atoms with Crippen LogP contribution in [0.25, 0.3) is 0 Å². The molecule has 2 aliphatic heterocycles. The van der Waals surface area contributed by atoms with Crippen LogP contribution in [0, 0.1) is 11.8 Å².